The van der Waals surface area contributed by atoms with Gasteiger partial charge in [0, 0.05) is 17.5 Å². The highest BCUT2D eigenvalue weighted by Gasteiger charge is 2.58. The summed E-state index contributed by atoms with van der Waals surface area (Å²) >= 11 is 0. The Balaban J connectivity index is 0.00000353. The first-order valence-electron chi connectivity index (χ1n) is 13.4. The van der Waals surface area contributed by atoms with Gasteiger partial charge in [-0.25, -0.2) is 4.79 Å². The summed E-state index contributed by atoms with van der Waals surface area (Å²) in [5.74, 6) is 2.77. The maximum atomic E-state index is 13.2. The van der Waals surface area contributed by atoms with Crippen LogP contribution in [0, 0.1) is 23.2 Å². The SMILES string of the molecule is C.COc1ccc2c(c1)CCC1C2CCC2(C)C(=O)CC(CCCOC(=O)Nc3ccc(C(F)(F)F)cc3)C12. The summed E-state index contributed by atoms with van der Waals surface area (Å²) in [6, 6.07) is 10.6. The second kappa shape index (κ2) is 11.2. The van der Waals surface area contributed by atoms with Crippen LogP contribution in [0.15, 0.2) is 42.5 Å². The summed E-state index contributed by atoms with van der Waals surface area (Å²) < 4.78 is 48.9. The van der Waals surface area contributed by atoms with Gasteiger partial charge in [-0.3, -0.25) is 10.1 Å². The van der Waals surface area contributed by atoms with Crippen LogP contribution in [0.1, 0.15) is 75.5 Å². The van der Waals surface area contributed by atoms with E-state index in [1.807, 2.05) is 6.07 Å². The predicted molar refractivity (Wildman–Crippen MR) is 144 cm³/mol. The van der Waals surface area contributed by atoms with Crippen LogP contribution in [0.25, 0.3) is 0 Å². The van der Waals surface area contributed by atoms with E-state index >= 15 is 0 Å². The van der Waals surface area contributed by atoms with Crippen molar-refractivity contribution < 1.29 is 32.2 Å². The predicted octanol–water partition coefficient (Wildman–Crippen LogP) is 8.03. The zero-order valence-electron chi connectivity index (χ0n) is 21.8. The van der Waals surface area contributed by atoms with Crippen molar-refractivity contribution in [2.45, 2.75) is 71.4 Å². The maximum absolute atomic E-state index is 13.2. The molecule has 8 heteroatoms. The summed E-state index contributed by atoms with van der Waals surface area (Å²) in [5, 5.41) is 2.47. The lowest BCUT2D eigenvalue weighted by molar-refractivity contribution is -0.137. The second-order valence-corrected chi connectivity index (χ2v) is 11.2. The Morgan fingerprint density at radius 2 is 1.87 bits per heavy atom. The molecule has 212 valence electrons. The second-order valence-electron chi connectivity index (χ2n) is 11.2. The lowest BCUT2D eigenvalue weighted by Gasteiger charge is -2.50. The van der Waals surface area contributed by atoms with E-state index in [4.69, 9.17) is 9.47 Å². The van der Waals surface area contributed by atoms with E-state index in [9.17, 15) is 22.8 Å². The van der Waals surface area contributed by atoms with Gasteiger partial charge in [0.25, 0.3) is 0 Å². The van der Waals surface area contributed by atoms with Gasteiger partial charge in [-0.2, -0.15) is 13.2 Å². The first-order valence-corrected chi connectivity index (χ1v) is 13.4. The number of benzene rings is 2. The standard InChI is InChI=1S/C30H34F3NO4.CH4/c1-29-14-13-24-23-12-10-22(37-2)16-18(23)5-11-25(24)27(29)19(17-26(29)35)4-3-15-38-28(36)34-21-8-6-20(7-9-21)30(31,32)33;/h6-10,12,16,19,24-25,27H,3-5,11,13-15,17H2,1-2H3,(H,34,36);1H4. The molecule has 0 bridgehead atoms. The molecule has 2 fully saturated rings. The van der Waals surface area contributed by atoms with Crippen molar-refractivity contribution in [2.24, 2.45) is 23.2 Å². The number of alkyl halides is 3. The minimum Gasteiger partial charge on any atom is -0.497 e. The number of amides is 1. The van der Waals surface area contributed by atoms with Gasteiger partial charge < -0.3 is 9.47 Å². The zero-order valence-corrected chi connectivity index (χ0v) is 21.8. The van der Waals surface area contributed by atoms with Crippen LogP contribution >= 0.6 is 0 Å². The molecule has 2 aromatic rings. The molecule has 39 heavy (non-hydrogen) atoms. The minimum absolute atomic E-state index is 0. The quantitative estimate of drug-likeness (QED) is 0.373. The fourth-order valence-corrected chi connectivity index (χ4v) is 7.42. The van der Waals surface area contributed by atoms with Crippen molar-refractivity contribution in [1.82, 2.24) is 0 Å². The Hall–Kier alpha value is -3.03. The molecule has 5 unspecified atom stereocenters. The number of anilines is 1. The topological polar surface area (TPSA) is 64.6 Å². The van der Waals surface area contributed by atoms with Crippen molar-refractivity contribution in [3.05, 3.63) is 59.2 Å². The first-order chi connectivity index (χ1) is 18.1. The molecule has 3 aliphatic carbocycles. The highest BCUT2D eigenvalue weighted by atomic mass is 19.4. The van der Waals surface area contributed by atoms with Crippen LogP contribution < -0.4 is 10.1 Å². The molecule has 2 saturated carbocycles. The summed E-state index contributed by atoms with van der Waals surface area (Å²) in [7, 11) is 1.69. The molecule has 0 spiro atoms. The van der Waals surface area contributed by atoms with E-state index in [0.717, 1.165) is 50.0 Å². The molecule has 0 aromatic heterocycles. The first kappa shape index (κ1) is 29.0. The number of carbonyl (C=O) groups excluding carboxylic acids is 2. The average Bonchev–Trinajstić information content (AvgIpc) is 3.15. The summed E-state index contributed by atoms with van der Waals surface area (Å²) in [4.78, 5) is 25.3. The number of halogens is 3. The lowest BCUT2D eigenvalue weighted by atomic mass is 9.54. The van der Waals surface area contributed by atoms with Crippen LogP contribution in [-0.4, -0.2) is 25.6 Å². The van der Waals surface area contributed by atoms with Gasteiger partial charge in [-0.05, 0) is 110 Å². The van der Waals surface area contributed by atoms with Crippen molar-refractivity contribution in [3.63, 3.8) is 0 Å². The van der Waals surface area contributed by atoms with E-state index < -0.39 is 17.8 Å². The Morgan fingerprint density at radius 1 is 1.13 bits per heavy atom. The molecule has 1 N–H and O–H groups in total. The normalized spacial score (nSPS) is 27.5. The third kappa shape index (κ3) is 5.66. The van der Waals surface area contributed by atoms with Crippen LogP contribution in [-0.2, 0) is 22.1 Å². The Kier molecular flexibility index (Phi) is 8.33. The number of hydrogen-bond donors (Lipinski definition) is 1. The number of ether oxygens (including phenoxy) is 2. The van der Waals surface area contributed by atoms with Gasteiger partial charge >= 0.3 is 12.3 Å². The molecule has 5 nitrogen and oxygen atoms in total. The van der Waals surface area contributed by atoms with Gasteiger partial charge in [-0.1, -0.05) is 20.4 Å². The maximum Gasteiger partial charge on any atom is 0.416 e. The number of Topliss-reactive ketones (excluding diaryl/α,β-unsaturated/α-hetero) is 1. The number of hydrogen-bond acceptors (Lipinski definition) is 4. The van der Waals surface area contributed by atoms with Crippen molar-refractivity contribution in [3.8, 4) is 5.75 Å². The molecule has 3 aliphatic rings. The Bertz CT molecular complexity index is 1200. The van der Waals surface area contributed by atoms with E-state index in [0.29, 0.717) is 36.4 Å². The number of ketones is 1. The fraction of sp³-hybridized carbons (Fsp3) is 0.548. The molecule has 5 atom stereocenters. The number of fused-ring (bicyclic) bond motifs is 5. The number of rotatable bonds is 6. The number of nitrogens with one attached hydrogen (secondary N) is 1. The largest absolute Gasteiger partial charge is 0.497 e. The van der Waals surface area contributed by atoms with Crippen molar-refractivity contribution >= 4 is 17.6 Å². The van der Waals surface area contributed by atoms with Crippen LogP contribution in [0.4, 0.5) is 23.7 Å². The third-order valence-electron chi connectivity index (χ3n) is 9.19. The molecule has 5 rings (SSSR count). The van der Waals surface area contributed by atoms with Crippen LogP contribution in [0.3, 0.4) is 0 Å². The van der Waals surface area contributed by atoms with Gasteiger partial charge in [0.2, 0.25) is 0 Å². The summed E-state index contributed by atoms with van der Waals surface area (Å²) in [6.45, 7) is 2.35. The fourth-order valence-electron chi connectivity index (χ4n) is 7.42. The highest BCUT2D eigenvalue weighted by Crippen LogP contribution is 2.62. The molecule has 0 heterocycles. The average molecular weight is 546 g/mol. The van der Waals surface area contributed by atoms with Crippen molar-refractivity contribution in [1.29, 1.82) is 0 Å². The number of aryl methyl sites for hydroxylation is 1. The lowest BCUT2D eigenvalue weighted by Crippen LogP contribution is -2.44. The third-order valence-corrected chi connectivity index (χ3v) is 9.19. The van der Waals surface area contributed by atoms with E-state index in [1.165, 1.54) is 23.3 Å². The molecule has 0 radical (unpaired) electrons. The minimum atomic E-state index is -4.43. The molecular formula is C31H38F3NO4. The molecule has 1 amide bonds. The van der Waals surface area contributed by atoms with Crippen LogP contribution in [0.5, 0.6) is 5.75 Å². The van der Waals surface area contributed by atoms with Crippen molar-refractivity contribution in [2.75, 3.05) is 19.0 Å². The number of methoxy groups -OCH3 is 1. The van der Waals surface area contributed by atoms with Gasteiger partial charge in [0.1, 0.15) is 11.5 Å². The smallest absolute Gasteiger partial charge is 0.416 e. The van der Waals surface area contributed by atoms with E-state index in [2.05, 4.69) is 24.4 Å². The molecular weight excluding hydrogens is 507 g/mol. The zero-order chi connectivity index (χ0) is 27.1. The van der Waals surface area contributed by atoms with Gasteiger partial charge in [0.05, 0.1) is 19.3 Å². The molecule has 0 aliphatic heterocycles. The molecule has 0 saturated heterocycles. The van der Waals surface area contributed by atoms with Gasteiger partial charge in [0.15, 0.2) is 0 Å². The number of carbonyl (C=O) groups is 2. The van der Waals surface area contributed by atoms with E-state index in [-0.39, 0.29) is 31.1 Å². The molecule has 2 aromatic carbocycles. The Labute approximate surface area is 228 Å². The van der Waals surface area contributed by atoms with Gasteiger partial charge in [-0.15, -0.1) is 0 Å². The van der Waals surface area contributed by atoms with E-state index in [1.54, 1.807) is 7.11 Å². The summed E-state index contributed by atoms with van der Waals surface area (Å²) in [5.41, 5.74) is 1.95. The summed E-state index contributed by atoms with van der Waals surface area (Å²) in [6.07, 6.45) is 0.897. The Morgan fingerprint density at radius 3 is 2.56 bits per heavy atom. The highest BCUT2D eigenvalue weighted by molar-refractivity contribution is 5.87. The monoisotopic (exact) mass is 545 g/mol. The van der Waals surface area contributed by atoms with Crippen LogP contribution in [0.2, 0.25) is 0 Å².